The van der Waals surface area contributed by atoms with Gasteiger partial charge in [0.2, 0.25) is 0 Å². The maximum atomic E-state index is 6.19. The van der Waals surface area contributed by atoms with Gasteiger partial charge in [0.05, 0.1) is 10.5 Å². The molecule has 0 aliphatic carbocycles. The summed E-state index contributed by atoms with van der Waals surface area (Å²) in [4.78, 5) is 4.80. The van der Waals surface area contributed by atoms with E-state index in [1.807, 2.05) is 32.0 Å². The molecule has 2 aromatic rings. The minimum Gasteiger partial charge on any atom is -0.389 e. The van der Waals surface area contributed by atoms with E-state index in [2.05, 4.69) is 4.98 Å². The smallest absolute Gasteiger partial charge is 0.106 e. The third kappa shape index (κ3) is 1.88. The van der Waals surface area contributed by atoms with Crippen molar-refractivity contribution in [3.63, 3.8) is 0 Å². The molecule has 1 aromatic carbocycles. The highest BCUT2D eigenvalue weighted by atomic mass is 35.5. The first-order chi connectivity index (χ1) is 7.49. The van der Waals surface area contributed by atoms with Crippen LogP contribution >= 0.6 is 23.8 Å². The molecule has 0 saturated carbocycles. The van der Waals surface area contributed by atoms with Gasteiger partial charge in [-0.1, -0.05) is 23.8 Å². The Labute approximate surface area is 104 Å². The SMILES string of the molecule is Cc1cc(C(N)=S)c2nc(C)cc(Cl)c2c1. The quantitative estimate of drug-likeness (QED) is 0.791. The first-order valence-electron chi connectivity index (χ1n) is 4.86. The van der Waals surface area contributed by atoms with Crippen LogP contribution in [0.15, 0.2) is 18.2 Å². The summed E-state index contributed by atoms with van der Waals surface area (Å²) in [6, 6.07) is 5.77. The Balaban J connectivity index is 2.95. The molecule has 2 rings (SSSR count). The van der Waals surface area contributed by atoms with Gasteiger partial charge in [-0.25, -0.2) is 0 Å². The summed E-state index contributed by atoms with van der Waals surface area (Å²) in [5.41, 5.74) is 9.20. The Bertz CT molecular complexity index is 593. The van der Waals surface area contributed by atoms with Crippen LogP contribution in [0.3, 0.4) is 0 Å². The van der Waals surface area contributed by atoms with E-state index < -0.39 is 0 Å². The number of pyridine rings is 1. The van der Waals surface area contributed by atoms with Crippen molar-refractivity contribution in [2.75, 3.05) is 0 Å². The number of halogens is 1. The molecule has 0 saturated heterocycles. The first kappa shape index (κ1) is 11.3. The van der Waals surface area contributed by atoms with Crippen molar-refractivity contribution in [3.05, 3.63) is 40.0 Å². The fraction of sp³-hybridized carbons (Fsp3) is 0.167. The minimum absolute atomic E-state index is 0.350. The van der Waals surface area contributed by atoms with E-state index in [0.29, 0.717) is 10.0 Å². The van der Waals surface area contributed by atoms with Crippen molar-refractivity contribution < 1.29 is 0 Å². The van der Waals surface area contributed by atoms with Crippen molar-refractivity contribution in [2.24, 2.45) is 5.73 Å². The Hall–Kier alpha value is -1.19. The molecule has 0 amide bonds. The van der Waals surface area contributed by atoms with Crippen molar-refractivity contribution in [1.29, 1.82) is 0 Å². The summed E-state index contributed by atoms with van der Waals surface area (Å²) in [5, 5.41) is 1.58. The zero-order valence-corrected chi connectivity index (χ0v) is 10.6. The summed E-state index contributed by atoms with van der Waals surface area (Å²) in [6.07, 6.45) is 0. The third-order valence-corrected chi connectivity index (χ3v) is 2.93. The van der Waals surface area contributed by atoms with Gasteiger partial charge in [0, 0.05) is 16.6 Å². The topological polar surface area (TPSA) is 38.9 Å². The molecule has 0 fully saturated rings. The number of aryl methyl sites for hydroxylation is 2. The molecule has 0 unspecified atom stereocenters. The average molecular weight is 251 g/mol. The summed E-state index contributed by atoms with van der Waals surface area (Å²) in [6.45, 7) is 3.88. The number of rotatable bonds is 1. The normalized spacial score (nSPS) is 10.7. The number of benzene rings is 1. The van der Waals surface area contributed by atoms with Gasteiger partial charge in [-0.15, -0.1) is 0 Å². The van der Waals surface area contributed by atoms with Crippen molar-refractivity contribution in [1.82, 2.24) is 4.98 Å². The van der Waals surface area contributed by atoms with E-state index in [4.69, 9.17) is 29.6 Å². The Morgan fingerprint density at radius 2 is 2.00 bits per heavy atom. The molecular weight excluding hydrogens is 240 g/mol. The molecule has 2 nitrogen and oxygen atoms in total. The van der Waals surface area contributed by atoms with Crippen molar-refractivity contribution in [3.8, 4) is 0 Å². The molecule has 0 spiro atoms. The largest absolute Gasteiger partial charge is 0.389 e. The van der Waals surface area contributed by atoms with Crippen molar-refractivity contribution >= 4 is 39.7 Å². The van der Waals surface area contributed by atoms with Crippen LogP contribution in [0.4, 0.5) is 0 Å². The Kier molecular flexibility index (Phi) is 2.82. The maximum Gasteiger partial charge on any atom is 0.106 e. The Morgan fingerprint density at radius 3 is 2.62 bits per heavy atom. The second-order valence-electron chi connectivity index (χ2n) is 3.82. The molecule has 0 aliphatic heterocycles. The molecule has 1 aromatic heterocycles. The lowest BCUT2D eigenvalue weighted by Crippen LogP contribution is -2.11. The van der Waals surface area contributed by atoms with Gasteiger partial charge in [0.15, 0.2) is 0 Å². The zero-order valence-electron chi connectivity index (χ0n) is 9.04. The number of nitrogens with zero attached hydrogens (tertiary/aromatic N) is 1. The van der Waals surface area contributed by atoms with E-state index >= 15 is 0 Å². The average Bonchev–Trinajstić information content (AvgIpc) is 2.18. The minimum atomic E-state index is 0.350. The van der Waals surface area contributed by atoms with Crippen LogP contribution < -0.4 is 5.73 Å². The van der Waals surface area contributed by atoms with Gasteiger partial charge in [-0.2, -0.15) is 0 Å². The number of hydrogen-bond donors (Lipinski definition) is 1. The molecule has 82 valence electrons. The second kappa shape index (κ2) is 4.00. The van der Waals surface area contributed by atoms with Gasteiger partial charge < -0.3 is 5.73 Å². The van der Waals surface area contributed by atoms with E-state index in [1.54, 1.807) is 0 Å². The Morgan fingerprint density at radius 1 is 1.31 bits per heavy atom. The highest BCUT2D eigenvalue weighted by Gasteiger charge is 2.09. The predicted octanol–water partition coefficient (Wildman–Crippen LogP) is 3.14. The molecular formula is C12H11ClN2S. The molecule has 2 N–H and O–H groups in total. The van der Waals surface area contributed by atoms with Gasteiger partial charge in [0.1, 0.15) is 4.99 Å². The van der Waals surface area contributed by atoms with Crippen LogP contribution in [0.1, 0.15) is 16.8 Å². The molecule has 0 aliphatic rings. The lowest BCUT2D eigenvalue weighted by molar-refractivity contribution is 1.25. The fourth-order valence-corrected chi connectivity index (χ4v) is 2.20. The zero-order chi connectivity index (χ0) is 11.9. The molecule has 0 radical (unpaired) electrons. The maximum absolute atomic E-state index is 6.19. The highest BCUT2D eigenvalue weighted by Crippen LogP contribution is 2.27. The van der Waals surface area contributed by atoms with Gasteiger partial charge >= 0.3 is 0 Å². The molecule has 0 bridgehead atoms. The summed E-state index contributed by atoms with van der Waals surface area (Å²) in [5.74, 6) is 0. The summed E-state index contributed by atoms with van der Waals surface area (Å²) in [7, 11) is 0. The van der Waals surface area contributed by atoms with E-state index in [-0.39, 0.29) is 0 Å². The van der Waals surface area contributed by atoms with Gasteiger partial charge in [-0.05, 0) is 37.6 Å². The summed E-state index contributed by atoms with van der Waals surface area (Å²) < 4.78 is 0. The van der Waals surface area contributed by atoms with E-state index in [1.165, 1.54) is 0 Å². The fourth-order valence-electron chi connectivity index (χ4n) is 1.74. The number of hydrogen-bond acceptors (Lipinski definition) is 2. The number of nitrogens with two attached hydrogens (primary N) is 1. The lowest BCUT2D eigenvalue weighted by Gasteiger charge is -2.08. The van der Waals surface area contributed by atoms with Crippen LogP contribution in [0.2, 0.25) is 5.02 Å². The standard InChI is InChI=1S/C12H11ClN2S/c1-6-3-8-10(13)5-7(2)15-11(8)9(4-6)12(14)16/h3-5H,1-2H3,(H2,14,16). The van der Waals surface area contributed by atoms with Gasteiger partial charge in [0.25, 0.3) is 0 Å². The highest BCUT2D eigenvalue weighted by molar-refractivity contribution is 7.80. The second-order valence-corrected chi connectivity index (χ2v) is 4.67. The third-order valence-electron chi connectivity index (χ3n) is 2.40. The molecule has 4 heteroatoms. The first-order valence-corrected chi connectivity index (χ1v) is 5.65. The lowest BCUT2D eigenvalue weighted by atomic mass is 10.1. The molecule has 1 heterocycles. The number of fused-ring (bicyclic) bond motifs is 1. The van der Waals surface area contributed by atoms with Gasteiger partial charge in [-0.3, -0.25) is 4.98 Å². The van der Waals surface area contributed by atoms with Crippen LogP contribution in [0.25, 0.3) is 10.9 Å². The van der Waals surface area contributed by atoms with Crippen LogP contribution in [0.5, 0.6) is 0 Å². The molecule has 0 atom stereocenters. The van der Waals surface area contributed by atoms with E-state index in [0.717, 1.165) is 27.7 Å². The summed E-state index contributed by atoms with van der Waals surface area (Å²) >= 11 is 11.2. The van der Waals surface area contributed by atoms with Crippen molar-refractivity contribution in [2.45, 2.75) is 13.8 Å². The van der Waals surface area contributed by atoms with Crippen LogP contribution in [-0.2, 0) is 0 Å². The number of thiocarbonyl (C=S) groups is 1. The van der Waals surface area contributed by atoms with Crippen LogP contribution in [0, 0.1) is 13.8 Å². The predicted molar refractivity (Wildman–Crippen MR) is 72.1 cm³/mol. The molecule has 16 heavy (non-hydrogen) atoms. The monoisotopic (exact) mass is 250 g/mol. The van der Waals surface area contributed by atoms with E-state index in [9.17, 15) is 0 Å². The number of aromatic nitrogens is 1. The van der Waals surface area contributed by atoms with Crippen LogP contribution in [-0.4, -0.2) is 9.97 Å².